The minimum absolute atomic E-state index is 0.00153. The predicted octanol–water partition coefficient (Wildman–Crippen LogP) is 3.51. The summed E-state index contributed by atoms with van der Waals surface area (Å²) in [7, 11) is 0. The van der Waals surface area contributed by atoms with Gasteiger partial charge < -0.3 is 61.9 Å². The summed E-state index contributed by atoms with van der Waals surface area (Å²) in [5.74, 6) is -0.684. The van der Waals surface area contributed by atoms with Gasteiger partial charge >= 0.3 is 11.9 Å². The molecule has 4 aliphatic heterocycles. The van der Waals surface area contributed by atoms with Gasteiger partial charge in [-0.15, -0.1) is 0 Å². The highest BCUT2D eigenvalue weighted by atomic mass is 16.8. The van der Waals surface area contributed by atoms with Crippen LogP contribution in [0.5, 0.6) is 0 Å². The first kappa shape index (κ1) is 48.7. The van der Waals surface area contributed by atoms with E-state index in [1.165, 1.54) is 13.0 Å². The van der Waals surface area contributed by atoms with Crippen LogP contribution in [-0.2, 0) is 85.6 Å². The number of rotatable bonds is 16. The van der Waals surface area contributed by atoms with Crippen molar-refractivity contribution in [1.82, 2.24) is 0 Å². The largest absolute Gasteiger partial charge is 0.464 e. The van der Waals surface area contributed by atoms with Crippen molar-refractivity contribution in [3.8, 4) is 0 Å². The van der Waals surface area contributed by atoms with Crippen molar-refractivity contribution < 1.29 is 90.7 Å². The molecule has 0 radical (unpaired) electrons. The van der Waals surface area contributed by atoms with Crippen LogP contribution in [0, 0.1) is 34.5 Å². The van der Waals surface area contributed by atoms with Crippen molar-refractivity contribution in [3.63, 3.8) is 0 Å². The van der Waals surface area contributed by atoms with Gasteiger partial charge in [-0.3, -0.25) is 24.0 Å². The molecule has 4 heterocycles. The molecule has 4 aliphatic carbocycles. The highest BCUT2D eigenvalue weighted by molar-refractivity contribution is 5.85. The first-order valence-electron chi connectivity index (χ1n) is 23.6. The molecular formula is C47H66O19. The molecule has 0 aromatic carbocycles. The third-order valence-corrected chi connectivity index (χ3v) is 16.9. The second-order valence-corrected chi connectivity index (χ2v) is 20.3. The van der Waals surface area contributed by atoms with Gasteiger partial charge in [0.25, 0.3) is 25.9 Å². The lowest BCUT2D eigenvalue weighted by Crippen LogP contribution is -2.62. The molecule has 8 rings (SSSR count). The van der Waals surface area contributed by atoms with Gasteiger partial charge in [-0.2, -0.15) is 0 Å². The average molecular weight is 935 g/mol. The predicted molar refractivity (Wildman–Crippen MR) is 222 cm³/mol. The maximum absolute atomic E-state index is 12.8. The van der Waals surface area contributed by atoms with E-state index in [2.05, 4.69) is 13.8 Å². The molecule has 0 unspecified atom stereocenters. The Morgan fingerprint density at radius 2 is 1.24 bits per heavy atom. The number of esters is 2. The summed E-state index contributed by atoms with van der Waals surface area (Å²) in [5.41, 5.74) is -0.939. The number of aliphatic hydroxyl groups is 1. The van der Waals surface area contributed by atoms with E-state index in [1.54, 1.807) is 13.8 Å². The summed E-state index contributed by atoms with van der Waals surface area (Å²) >= 11 is 0. The minimum Gasteiger partial charge on any atom is -0.464 e. The van der Waals surface area contributed by atoms with Crippen LogP contribution < -0.4 is 0 Å². The Hall–Kier alpha value is -3.72. The van der Waals surface area contributed by atoms with E-state index >= 15 is 0 Å². The lowest BCUT2D eigenvalue weighted by atomic mass is 9.43. The average Bonchev–Trinajstić information content (AvgIpc) is 3.78. The van der Waals surface area contributed by atoms with Crippen LogP contribution in [0.1, 0.15) is 112 Å². The molecule has 0 amide bonds. The minimum atomic E-state index is -1.08. The summed E-state index contributed by atoms with van der Waals surface area (Å²) in [5, 5.41) is 12.8. The normalized spacial score (nSPS) is 47.6. The van der Waals surface area contributed by atoms with E-state index in [1.807, 2.05) is 6.92 Å². The molecule has 7 fully saturated rings. The standard InChI is InChI=1S/C47H66O19/c1-24-42(59-23-51)35(63-27(4)52)17-40(60-24)66-44-26(3)62-39(16-34(44)57-21-49)65-43-25(2)61-38(15-33(43)56-20-48)64-30-9-11-45(5)29(14-30)7-8-32-31(45)10-12-46(6)41(28-13-37(53)55-19-28)36(58-22-50)18-47(32,46)54/h13,20-26,29-36,38-44,54H,7-12,14-19H2,1-6H3/t24-,25-,26-,29-,30+,31+,32-,33+,34+,35+,36+,38+,39+,40+,41+,42-,43-,44-,45+,46-,47+/m1/s1. The Kier molecular flexibility index (Phi) is 14.6. The highest BCUT2D eigenvalue weighted by Gasteiger charge is 2.71. The second kappa shape index (κ2) is 19.7. The van der Waals surface area contributed by atoms with Gasteiger partial charge in [0.15, 0.2) is 25.0 Å². The molecule has 8 aliphatic rings. The molecule has 3 saturated heterocycles. The van der Waals surface area contributed by atoms with Crippen molar-refractivity contribution in [1.29, 1.82) is 0 Å². The fraction of sp³-hybridized carbons (Fsp3) is 0.830. The Morgan fingerprint density at radius 3 is 1.80 bits per heavy atom. The highest BCUT2D eigenvalue weighted by Crippen LogP contribution is 2.70. The number of ether oxygens (including phenoxy) is 12. The van der Waals surface area contributed by atoms with E-state index in [-0.39, 0.29) is 61.6 Å². The van der Waals surface area contributed by atoms with E-state index in [9.17, 15) is 33.9 Å². The summed E-state index contributed by atoms with van der Waals surface area (Å²) < 4.78 is 70.7. The second-order valence-electron chi connectivity index (χ2n) is 20.3. The van der Waals surface area contributed by atoms with Gasteiger partial charge in [-0.1, -0.05) is 13.8 Å². The van der Waals surface area contributed by atoms with Crippen molar-refractivity contribution >= 4 is 37.8 Å². The topological polar surface area (TPSA) is 233 Å². The van der Waals surface area contributed by atoms with Gasteiger partial charge in [0.05, 0.1) is 30.0 Å². The monoisotopic (exact) mass is 934 g/mol. The van der Waals surface area contributed by atoms with Gasteiger partial charge in [0.2, 0.25) is 0 Å². The van der Waals surface area contributed by atoms with Crippen molar-refractivity contribution in [2.75, 3.05) is 6.61 Å². The van der Waals surface area contributed by atoms with Crippen molar-refractivity contribution in [3.05, 3.63) is 11.6 Å². The molecule has 66 heavy (non-hydrogen) atoms. The maximum atomic E-state index is 12.8. The van der Waals surface area contributed by atoms with Gasteiger partial charge in [-0.25, -0.2) is 4.79 Å². The third-order valence-electron chi connectivity index (χ3n) is 16.9. The van der Waals surface area contributed by atoms with Crippen LogP contribution >= 0.6 is 0 Å². The van der Waals surface area contributed by atoms with Crippen LogP contribution in [0.3, 0.4) is 0 Å². The first-order chi connectivity index (χ1) is 31.5. The van der Waals surface area contributed by atoms with Crippen molar-refractivity contribution in [2.45, 2.75) is 204 Å². The van der Waals surface area contributed by atoms with E-state index < -0.39 is 103 Å². The Balaban J connectivity index is 0.872. The molecule has 368 valence electrons. The van der Waals surface area contributed by atoms with Gasteiger partial charge in [0.1, 0.15) is 43.2 Å². The molecule has 0 aromatic rings. The van der Waals surface area contributed by atoms with Crippen LogP contribution in [0.15, 0.2) is 11.6 Å². The molecule has 4 saturated carbocycles. The van der Waals surface area contributed by atoms with Crippen molar-refractivity contribution in [2.24, 2.45) is 34.5 Å². The Bertz CT molecular complexity index is 1830. The lowest BCUT2D eigenvalue weighted by Gasteiger charge is -2.63. The van der Waals surface area contributed by atoms with Crippen LogP contribution in [-0.4, -0.2) is 141 Å². The fourth-order valence-electron chi connectivity index (χ4n) is 14.0. The first-order valence-corrected chi connectivity index (χ1v) is 23.6. The Labute approximate surface area is 384 Å². The number of cyclic esters (lactones) is 1. The zero-order valence-electron chi connectivity index (χ0n) is 38.6. The molecular weight excluding hydrogens is 868 g/mol. The Morgan fingerprint density at radius 1 is 0.682 bits per heavy atom. The molecule has 19 nitrogen and oxygen atoms in total. The number of hydrogen-bond donors (Lipinski definition) is 1. The molecule has 19 heteroatoms. The van der Waals surface area contributed by atoms with Gasteiger partial charge in [0, 0.05) is 50.0 Å². The molecule has 0 aromatic heterocycles. The van der Waals surface area contributed by atoms with Crippen LogP contribution in [0.4, 0.5) is 0 Å². The molecule has 0 bridgehead atoms. The van der Waals surface area contributed by atoms with Crippen LogP contribution in [0.25, 0.3) is 0 Å². The zero-order chi connectivity index (χ0) is 47.1. The van der Waals surface area contributed by atoms with E-state index in [0.29, 0.717) is 31.8 Å². The summed E-state index contributed by atoms with van der Waals surface area (Å²) in [4.78, 5) is 70.4. The molecule has 0 spiro atoms. The van der Waals surface area contributed by atoms with E-state index in [0.717, 1.165) is 50.5 Å². The third kappa shape index (κ3) is 9.13. The van der Waals surface area contributed by atoms with E-state index in [4.69, 9.17) is 56.8 Å². The number of carbonyl (C=O) groups excluding carboxylic acids is 6. The fourth-order valence-corrected chi connectivity index (χ4v) is 14.0. The summed E-state index contributed by atoms with van der Waals surface area (Å²) in [6.45, 7) is 12.5. The number of hydrogen-bond acceptors (Lipinski definition) is 19. The molecule has 21 atom stereocenters. The van der Waals surface area contributed by atoms with Crippen LogP contribution in [0.2, 0.25) is 0 Å². The quantitative estimate of drug-likeness (QED) is 0.101. The number of carbonyl (C=O) groups is 6. The maximum Gasteiger partial charge on any atom is 0.331 e. The lowest BCUT2D eigenvalue weighted by molar-refractivity contribution is -0.336. The van der Waals surface area contributed by atoms with Gasteiger partial charge in [-0.05, 0) is 94.5 Å². The SMILES string of the molecule is CC(=O)O[C@H]1C[C@H](O[C@H]2[C@@H](OC=O)C[C@H](O[C@H]3[C@@H](OC=O)C[C@H](O[C@H]4CC[C@@]5(C)[C@H](CC[C@@H]6[C@@H]5CC[C@]5(C)[C@@H](C7=CC(=O)OC7)[C@@H](OC=O)C[C@]65O)C4)O[C@@H]3C)O[C@@H]2C)O[C@H](C)[C@H]1OC=O. The molecule has 1 N–H and O–H groups in total. The summed E-state index contributed by atoms with van der Waals surface area (Å²) in [6, 6.07) is 0. The smallest absolute Gasteiger partial charge is 0.331 e. The summed E-state index contributed by atoms with van der Waals surface area (Å²) in [6.07, 6.45) is -2.05. The number of fused-ring (bicyclic) bond motifs is 5. The zero-order valence-corrected chi connectivity index (χ0v) is 38.6.